The highest BCUT2D eigenvalue weighted by molar-refractivity contribution is 7.18. The first-order chi connectivity index (χ1) is 11.7. The predicted octanol–water partition coefficient (Wildman–Crippen LogP) is 4.37. The smallest absolute Gasteiger partial charge is 0.241 e. The van der Waals surface area contributed by atoms with E-state index in [0.717, 1.165) is 29.1 Å². The second-order valence-corrected chi connectivity index (χ2v) is 6.95. The van der Waals surface area contributed by atoms with Gasteiger partial charge in [0.15, 0.2) is 0 Å². The molecule has 2 aromatic carbocycles. The molecular weight excluding hydrogens is 354 g/mol. The number of halogens is 1. The van der Waals surface area contributed by atoms with Crippen LogP contribution in [0, 0.1) is 0 Å². The van der Waals surface area contributed by atoms with E-state index in [1.165, 1.54) is 10.3 Å². The summed E-state index contributed by atoms with van der Waals surface area (Å²) in [5.41, 5.74) is 8.82. The third-order valence-corrected chi connectivity index (χ3v) is 4.89. The molecule has 0 saturated carbocycles. The number of hydrogen-bond donors (Lipinski definition) is 2. The van der Waals surface area contributed by atoms with Crippen LogP contribution in [0.3, 0.4) is 0 Å². The van der Waals surface area contributed by atoms with Crippen LogP contribution in [0.5, 0.6) is 0 Å². The molecule has 1 unspecified atom stereocenters. The van der Waals surface area contributed by atoms with E-state index in [0.29, 0.717) is 6.42 Å². The van der Waals surface area contributed by atoms with Gasteiger partial charge in [0.2, 0.25) is 5.91 Å². The van der Waals surface area contributed by atoms with E-state index in [1.54, 1.807) is 11.3 Å². The first kappa shape index (κ1) is 19.4. The molecule has 132 valence electrons. The van der Waals surface area contributed by atoms with Gasteiger partial charge in [-0.25, -0.2) is 4.98 Å². The number of thiazole rings is 1. The molecule has 1 atom stereocenters. The van der Waals surface area contributed by atoms with E-state index in [-0.39, 0.29) is 18.3 Å². The Bertz CT molecular complexity index is 799. The van der Waals surface area contributed by atoms with Crippen LogP contribution in [0.25, 0.3) is 10.2 Å². The summed E-state index contributed by atoms with van der Waals surface area (Å²) in [6.07, 6.45) is 2.39. The summed E-state index contributed by atoms with van der Waals surface area (Å²) < 4.78 is 1.21. The van der Waals surface area contributed by atoms with Gasteiger partial charge < -0.3 is 11.1 Å². The first-order valence-electron chi connectivity index (χ1n) is 8.15. The number of hydrogen-bond acceptors (Lipinski definition) is 4. The third kappa shape index (κ3) is 5.01. The molecule has 3 aromatic rings. The molecule has 0 aliphatic rings. The summed E-state index contributed by atoms with van der Waals surface area (Å²) in [6, 6.07) is 15.6. The monoisotopic (exact) mass is 375 g/mol. The lowest BCUT2D eigenvalue weighted by Gasteiger charge is -2.11. The molecule has 25 heavy (non-hydrogen) atoms. The minimum atomic E-state index is -0.447. The number of nitrogens with two attached hydrogens (primary N) is 1. The van der Waals surface area contributed by atoms with E-state index in [4.69, 9.17) is 5.73 Å². The van der Waals surface area contributed by atoms with E-state index < -0.39 is 6.04 Å². The minimum absolute atomic E-state index is 0. The highest BCUT2D eigenvalue weighted by atomic mass is 35.5. The van der Waals surface area contributed by atoms with Crippen molar-refractivity contribution in [3.05, 3.63) is 59.1 Å². The summed E-state index contributed by atoms with van der Waals surface area (Å²) in [6.45, 7) is 2.02. The van der Waals surface area contributed by atoms with Crippen molar-refractivity contribution in [1.29, 1.82) is 0 Å². The average Bonchev–Trinajstić information content (AvgIpc) is 2.99. The topological polar surface area (TPSA) is 68.0 Å². The normalized spacial score (nSPS) is 11.8. The van der Waals surface area contributed by atoms with Crippen LogP contribution in [0.2, 0.25) is 0 Å². The molecule has 0 aliphatic carbocycles. The first-order valence-corrected chi connectivity index (χ1v) is 8.97. The van der Waals surface area contributed by atoms with E-state index in [9.17, 15) is 4.79 Å². The lowest BCUT2D eigenvalue weighted by atomic mass is 10.1. The molecule has 3 rings (SSSR count). The predicted molar refractivity (Wildman–Crippen MR) is 108 cm³/mol. The number of para-hydroxylation sites is 1. The maximum absolute atomic E-state index is 11.9. The molecule has 4 nitrogen and oxygen atoms in total. The molecule has 0 aliphatic heterocycles. The minimum Gasteiger partial charge on any atom is -0.325 e. The van der Waals surface area contributed by atoms with Crippen LogP contribution in [0.15, 0.2) is 48.5 Å². The molecular formula is C19H22ClN3OS. The van der Waals surface area contributed by atoms with Gasteiger partial charge in [0.05, 0.1) is 21.3 Å². The SMILES string of the molecule is CCCC(N)C(=O)Nc1ccc(Cc2nc3ccccc3s2)cc1.Cl. The largest absolute Gasteiger partial charge is 0.325 e. The molecule has 1 heterocycles. The van der Waals surface area contributed by atoms with Gasteiger partial charge in [-0.15, -0.1) is 23.7 Å². The quantitative estimate of drug-likeness (QED) is 0.672. The van der Waals surface area contributed by atoms with Crippen molar-refractivity contribution >= 4 is 45.6 Å². The summed E-state index contributed by atoms with van der Waals surface area (Å²) in [7, 11) is 0. The number of carbonyl (C=O) groups excluding carboxylic acids is 1. The van der Waals surface area contributed by atoms with Gasteiger partial charge in [0.1, 0.15) is 0 Å². The Hall–Kier alpha value is -1.95. The molecule has 1 aromatic heterocycles. The fourth-order valence-electron chi connectivity index (χ4n) is 2.55. The summed E-state index contributed by atoms with van der Waals surface area (Å²) in [4.78, 5) is 16.6. The van der Waals surface area contributed by atoms with Gasteiger partial charge in [-0.3, -0.25) is 4.79 Å². The average molecular weight is 376 g/mol. The molecule has 0 spiro atoms. The fraction of sp³-hybridized carbons (Fsp3) is 0.263. The van der Waals surface area contributed by atoms with Crippen molar-refractivity contribution in [2.24, 2.45) is 5.73 Å². The Morgan fingerprint density at radius 2 is 1.92 bits per heavy atom. The molecule has 0 fully saturated rings. The number of fused-ring (bicyclic) bond motifs is 1. The summed E-state index contributed by atoms with van der Waals surface area (Å²) in [5.74, 6) is -0.129. The lowest BCUT2D eigenvalue weighted by Crippen LogP contribution is -2.35. The van der Waals surface area contributed by atoms with Crippen LogP contribution < -0.4 is 11.1 Å². The lowest BCUT2D eigenvalue weighted by molar-refractivity contribution is -0.117. The van der Waals surface area contributed by atoms with Gasteiger partial charge in [-0.2, -0.15) is 0 Å². The van der Waals surface area contributed by atoms with E-state index >= 15 is 0 Å². The number of nitrogens with zero attached hydrogens (tertiary/aromatic N) is 1. The van der Waals surface area contributed by atoms with E-state index in [1.807, 2.05) is 49.4 Å². The van der Waals surface area contributed by atoms with Crippen LogP contribution in [0.1, 0.15) is 30.3 Å². The standard InChI is InChI=1S/C19H21N3OS.ClH/c1-2-5-15(20)19(23)21-14-10-8-13(9-11-14)12-18-22-16-6-3-4-7-17(16)24-18;/h3-4,6-11,15H,2,5,12,20H2,1H3,(H,21,23);1H. The van der Waals surface area contributed by atoms with Crippen molar-refractivity contribution in [2.75, 3.05) is 5.32 Å². The Labute approximate surface area is 157 Å². The zero-order valence-electron chi connectivity index (χ0n) is 14.1. The number of amides is 1. The van der Waals surface area contributed by atoms with E-state index in [2.05, 4.69) is 16.4 Å². The fourth-order valence-corrected chi connectivity index (χ4v) is 3.55. The van der Waals surface area contributed by atoms with Crippen molar-refractivity contribution < 1.29 is 4.79 Å². The molecule has 0 bridgehead atoms. The van der Waals surface area contributed by atoms with Gasteiger partial charge in [-0.1, -0.05) is 37.6 Å². The van der Waals surface area contributed by atoms with Crippen molar-refractivity contribution in [3.63, 3.8) is 0 Å². The number of rotatable bonds is 6. The molecule has 1 amide bonds. The number of anilines is 1. The highest BCUT2D eigenvalue weighted by Gasteiger charge is 2.12. The maximum Gasteiger partial charge on any atom is 0.241 e. The number of aromatic nitrogens is 1. The Balaban J connectivity index is 0.00000225. The van der Waals surface area contributed by atoms with Gasteiger partial charge in [-0.05, 0) is 36.2 Å². The van der Waals surface area contributed by atoms with Crippen LogP contribution >= 0.6 is 23.7 Å². The van der Waals surface area contributed by atoms with Gasteiger partial charge in [0, 0.05) is 12.1 Å². The van der Waals surface area contributed by atoms with Crippen molar-refractivity contribution in [3.8, 4) is 0 Å². The number of benzene rings is 2. The van der Waals surface area contributed by atoms with Gasteiger partial charge >= 0.3 is 0 Å². The molecule has 6 heteroatoms. The van der Waals surface area contributed by atoms with Crippen LogP contribution in [-0.2, 0) is 11.2 Å². The molecule has 0 saturated heterocycles. The number of carbonyl (C=O) groups is 1. The van der Waals surface area contributed by atoms with Gasteiger partial charge in [0.25, 0.3) is 0 Å². The maximum atomic E-state index is 11.9. The van der Waals surface area contributed by atoms with Crippen molar-refractivity contribution in [1.82, 2.24) is 4.98 Å². The summed E-state index contributed by atoms with van der Waals surface area (Å²) >= 11 is 1.72. The van der Waals surface area contributed by atoms with Crippen LogP contribution in [0.4, 0.5) is 5.69 Å². The second kappa shape index (κ2) is 8.94. The molecule has 3 N–H and O–H groups in total. The Morgan fingerprint density at radius 3 is 2.60 bits per heavy atom. The highest BCUT2D eigenvalue weighted by Crippen LogP contribution is 2.24. The molecule has 0 radical (unpaired) electrons. The zero-order valence-corrected chi connectivity index (χ0v) is 15.7. The number of nitrogens with one attached hydrogen (secondary N) is 1. The Kier molecular flexibility index (Phi) is 6.93. The second-order valence-electron chi connectivity index (χ2n) is 5.83. The van der Waals surface area contributed by atoms with Crippen molar-refractivity contribution in [2.45, 2.75) is 32.2 Å². The third-order valence-electron chi connectivity index (χ3n) is 3.85. The Morgan fingerprint density at radius 1 is 1.20 bits per heavy atom. The summed E-state index contributed by atoms with van der Waals surface area (Å²) in [5, 5.41) is 3.96. The zero-order chi connectivity index (χ0) is 16.9. The van der Waals surface area contributed by atoms with Crippen LogP contribution in [-0.4, -0.2) is 16.9 Å².